The Morgan fingerprint density at radius 1 is 1.19 bits per heavy atom. The lowest BCUT2D eigenvalue weighted by Crippen LogP contribution is -2.32. The molecule has 32 heavy (non-hydrogen) atoms. The zero-order chi connectivity index (χ0) is 22.7. The lowest BCUT2D eigenvalue weighted by atomic mass is 9.99. The molecule has 4 rings (SSSR count). The largest absolute Gasteiger partial charge is 0.352 e. The van der Waals surface area contributed by atoms with E-state index in [1.807, 2.05) is 13.8 Å². The van der Waals surface area contributed by atoms with Gasteiger partial charge >= 0.3 is 0 Å². The molecular weight excluding hydrogens is 420 g/mol. The number of hydrogen-bond donors (Lipinski definition) is 2. The van der Waals surface area contributed by atoms with Crippen LogP contribution in [0.15, 0.2) is 29.1 Å². The molecule has 1 aromatic carbocycles. The van der Waals surface area contributed by atoms with E-state index in [1.54, 1.807) is 0 Å². The fourth-order valence-electron chi connectivity index (χ4n) is 4.18. The van der Waals surface area contributed by atoms with Crippen molar-refractivity contribution in [3.63, 3.8) is 0 Å². The summed E-state index contributed by atoms with van der Waals surface area (Å²) in [4.78, 5) is 36.4. The number of aryl methyl sites for hydroxylation is 3. The normalized spacial score (nSPS) is 15.3. The maximum Gasteiger partial charge on any atom is 0.259 e. The van der Waals surface area contributed by atoms with E-state index in [0.29, 0.717) is 30.6 Å². The average Bonchev–Trinajstić information content (AvgIpc) is 3.07. The van der Waals surface area contributed by atoms with Gasteiger partial charge in [0.05, 0.1) is 5.39 Å². The van der Waals surface area contributed by atoms with E-state index in [2.05, 4.69) is 51.4 Å². The summed E-state index contributed by atoms with van der Waals surface area (Å²) in [6.45, 7) is 10.1. The number of likely N-dealkylation sites (tertiary alicyclic amines) is 1. The molecule has 0 aliphatic carbocycles. The van der Waals surface area contributed by atoms with Crippen molar-refractivity contribution in [1.82, 2.24) is 20.2 Å². The Hall–Kier alpha value is -2.51. The topological polar surface area (TPSA) is 78.1 Å². The minimum absolute atomic E-state index is 0.0437. The average molecular weight is 453 g/mol. The van der Waals surface area contributed by atoms with Gasteiger partial charge in [-0.2, -0.15) is 0 Å². The van der Waals surface area contributed by atoms with Crippen LogP contribution in [-0.2, 0) is 24.3 Å². The first-order chi connectivity index (χ1) is 15.4. The van der Waals surface area contributed by atoms with Crippen LogP contribution in [0.3, 0.4) is 0 Å². The number of aromatic amines is 1. The van der Waals surface area contributed by atoms with E-state index >= 15 is 0 Å². The first-order valence-electron chi connectivity index (χ1n) is 11.4. The Kier molecular flexibility index (Phi) is 7.06. The molecule has 0 unspecified atom stereocenters. The number of amides is 1. The third-order valence-electron chi connectivity index (χ3n) is 6.47. The number of piperidine rings is 1. The van der Waals surface area contributed by atoms with Gasteiger partial charge in [-0.3, -0.25) is 14.5 Å². The molecule has 1 fully saturated rings. The highest BCUT2D eigenvalue weighted by atomic mass is 32.1. The van der Waals surface area contributed by atoms with Gasteiger partial charge in [0.1, 0.15) is 10.7 Å². The Labute approximate surface area is 193 Å². The highest BCUT2D eigenvalue weighted by Gasteiger charge is 2.16. The number of hydrogen-bond acceptors (Lipinski definition) is 5. The number of aromatic nitrogens is 2. The molecule has 0 saturated carbocycles. The monoisotopic (exact) mass is 452 g/mol. The van der Waals surface area contributed by atoms with E-state index in [1.165, 1.54) is 42.8 Å². The SMILES string of the molecule is Cc1sc2nc(CCC(=O)NCc3ccc(CN4CCC(C)CC4)cc3)[nH]c(=O)c2c1C. The molecule has 1 saturated heterocycles. The fraction of sp³-hybridized carbons (Fsp3) is 0.480. The van der Waals surface area contributed by atoms with Crippen molar-refractivity contribution in [2.45, 2.75) is 59.5 Å². The van der Waals surface area contributed by atoms with Crippen molar-refractivity contribution in [3.8, 4) is 0 Å². The first kappa shape index (κ1) is 22.7. The maximum absolute atomic E-state index is 12.4. The number of carbonyl (C=O) groups excluding carboxylic acids is 1. The first-order valence-corrected chi connectivity index (χ1v) is 12.3. The van der Waals surface area contributed by atoms with E-state index in [9.17, 15) is 9.59 Å². The lowest BCUT2D eigenvalue weighted by Gasteiger charge is -2.30. The maximum atomic E-state index is 12.4. The Morgan fingerprint density at radius 3 is 2.59 bits per heavy atom. The summed E-state index contributed by atoms with van der Waals surface area (Å²) in [6, 6.07) is 8.51. The van der Waals surface area contributed by atoms with Gasteiger partial charge in [-0.1, -0.05) is 31.2 Å². The molecule has 6 nitrogen and oxygen atoms in total. The molecule has 3 heterocycles. The van der Waals surface area contributed by atoms with Crippen LogP contribution >= 0.6 is 11.3 Å². The van der Waals surface area contributed by atoms with Crippen LogP contribution in [0.2, 0.25) is 0 Å². The number of H-pyrrole nitrogens is 1. The van der Waals surface area contributed by atoms with E-state index in [-0.39, 0.29) is 11.5 Å². The quantitative estimate of drug-likeness (QED) is 0.566. The highest BCUT2D eigenvalue weighted by Crippen LogP contribution is 2.25. The molecular formula is C25H32N4O2S. The molecule has 0 atom stereocenters. The molecule has 7 heteroatoms. The molecule has 3 aromatic rings. The molecule has 170 valence electrons. The highest BCUT2D eigenvalue weighted by molar-refractivity contribution is 7.18. The molecule has 0 radical (unpaired) electrons. The van der Waals surface area contributed by atoms with Gasteiger partial charge < -0.3 is 10.3 Å². The van der Waals surface area contributed by atoms with Crippen molar-refractivity contribution in [2.24, 2.45) is 5.92 Å². The zero-order valence-corrected chi connectivity index (χ0v) is 20.0. The summed E-state index contributed by atoms with van der Waals surface area (Å²) in [5.41, 5.74) is 3.27. The summed E-state index contributed by atoms with van der Waals surface area (Å²) < 4.78 is 0. The van der Waals surface area contributed by atoms with Crippen molar-refractivity contribution < 1.29 is 4.79 Å². The number of rotatable bonds is 7. The number of carbonyl (C=O) groups is 1. The molecule has 2 N–H and O–H groups in total. The molecule has 1 amide bonds. The second-order valence-corrected chi connectivity index (χ2v) is 10.2. The summed E-state index contributed by atoms with van der Waals surface area (Å²) in [6.07, 6.45) is 3.28. The van der Waals surface area contributed by atoms with Gasteiger partial charge in [-0.05, 0) is 62.4 Å². The minimum atomic E-state index is -0.119. The van der Waals surface area contributed by atoms with Crippen LogP contribution in [-0.4, -0.2) is 33.9 Å². The summed E-state index contributed by atoms with van der Waals surface area (Å²) in [7, 11) is 0. The summed E-state index contributed by atoms with van der Waals surface area (Å²) in [5.74, 6) is 1.37. The van der Waals surface area contributed by atoms with Crippen molar-refractivity contribution in [2.75, 3.05) is 13.1 Å². The second kappa shape index (κ2) is 9.96. The lowest BCUT2D eigenvalue weighted by molar-refractivity contribution is -0.121. The Bertz CT molecular complexity index is 1140. The standard InChI is InChI=1S/C25H32N4O2S/c1-16-10-12-29(13-11-16)15-20-6-4-19(5-7-20)14-26-22(30)9-8-21-27-24(31)23-17(2)18(3)32-25(23)28-21/h4-7,16H,8-15H2,1-3H3,(H,26,30)(H,27,28,31). The van der Waals surface area contributed by atoms with Crippen LogP contribution in [0.4, 0.5) is 0 Å². The fourth-order valence-corrected chi connectivity index (χ4v) is 5.23. The number of nitrogens with one attached hydrogen (secondary N) is 2. The van der Waals surface area contributed by atoms with Gasteiger partial charge in [0.2, 0.25) is 5.91 Å². The van der Waals surface area contributed by atoms with Crippen LogP contribution in [0, 0.1) is 19.8 Å². The summed E-state index contributed by atoms with van der Waals surface area (Å²) in [5, 5.41) is 3.64. The minimum Gasteiger partial charge on any atom is -0.352 e. The number of nitrogens with zero attached hydrogens (tertiary/aromatic N) is 2. The van der Waals surface area contributed by atoms with E-state index < -0.39 is 0 Å². The van der Waals surface area contributed by atoms with Gasteiger partial charge in [0, 0.05) is 30.8 Å². The molecule has 1 aliphatic rings. The van der Waals surface area contributed by atoms with Crippen LogP contribution < -0.4 is 10.9 Å². The van der Waals surface area contributed by atoms with Crippen molar-refractivity contribution in [3.05, 3.63) is 62.0 Å². The van der Waals surface area contributed by atoms with Crippen molar-refractivity contribution >= 4 is 27.5 Å². The van der Waals surface area contributed by atoms with Gasteiger partial charge in [0.15, 0.2) is 0 Å². The smallest absolute Gasteiger partial charge is 0.259 e. The van der Waals surface area contributed by atoms with Crippen LogP contribution in [0.1, 0.15) is 53.6 Å². The van der Waals surface area contributed by atoms with Gasteiger partial charge in [-0.25, -0.2) is 4.98 Å². The predicted octanol–water partition coefficient (Wildman–Crippen LogP) is 4.08. The number of benzene rings is 1. The van der Waals surface area contributed by atoms with E-state index in [0.717, 1.165) is 33.3 Å². The van der Waals surface area contributed by atoms with Crippen molar-refractivity contribution in [1.29, 1.82) is 0 Å². The molecule has 0 bridgehead atoms. The van der Waals surface area contributed by atoms with Gasteiger partial charge in [-0.15, -0.1) is 11.3 Å². The summed E-state index contributed by atoms with van der Waals surface area (Å²) >= 11 is 1.53. The molecule has 2 aromatic heterocycles. The van der Waals surface area contributed by atoms with E-state index in [4.69, 9.17) is 0 Å². The third-order valence-corrected chi connectivity index (χ3v) is 7.57. The van der Waals surface area contributed by atoms with Crippen LogP contribution in [0.5, 0.6) is 0 Å². The number of fused-ring (bicyclic) bond motifs is 1. The zero-order valence-electron chi connectivity index (χ0n) is 19.2. The molecule has 1 aliphatic heterocycles. The predicted molar refractivity (Wildman–Crippen MR) is 130 cm³/mol. The second-order valence-electron chi connectivity index (χ2n) is 9.03. The van der Waals surface area contributed by atoms with Crippen LogP contribution in [0.25, 0.3) is 10.2 Å². The number of thiophene rings is 1. The Balaban J connectivity index is 1.25. The third kappa shape index (κ3) is 5.45. The van der Waals surface area contributed by atoms with Gasteiger partial charge in [0.25, 0.3) is 5.56 Å². The Morgan fingerprint density at radius 2 is 1.88 bits per heavy atom. The molecule has 0 spiro atoms.